The molecule has 0 saturated carbocycles. The molecule has 142 valence electrons. The van der Waals surface area contributed by atoms with Gasteiger partial charge >= 0.3 is 0 Å². The van der Waals surface area contributed by atoms with E-state index in [1.807, 2.05) is 13.0 Å². The first kappa shape index (κ1) is 18.1. The van der Waals surface area contributed by atoms with E-state index >= 15 is 0 Å². The summed E-state index contributed by atoms with van der Waals surface area (Å²) >= 11 is 0. The highest BCUT2D eigenvalue weighted by atomic mass is 32.2. The molecule has 8 heteroatoms. The molecular formula is C20H18N4O3S. The van der Waals surface area contributed by atoms with Gasteiger partial charge in [0.1, 0.15) is 6.17 Å². The molecule has 1 atom stereocenters. The normalized spacial score (nSPS) is 16.4. The van der Waals surface area contributed by atoms with Gasteiger partial charge in [-0.15, -0.1) is 4.83 Å². The Balaban J connectivity index is 1.75. The fraction of sp³-hybridized carbons (Fsp3) is 0.100. The van der Waals surface area contributed by atoms with Crippen LogP contribution in [0.4, 0.5) is 5.69 Å². The Morgan fingerprint density at radius 1 is 1.04 bits per heavy atom. The highest BCUT2D eigenvalue weighted by Gasteiger charge is 2.36. The Bertz CT molecular complexity index is 1120. The van der Waals surface area contributed by atoms with Crippen LogP contribution >= 0.6 is 0 Å². The van der Waals surface area contributed by atoms with E-state index in [9.17, 15) is 13.2 Å². The quantitative estimate of drug-likeness (QED) is 0.710. The van der Waals surface area contributed by atoms with Crippen molar-refractivity contribution in [3.05, 3.63) is 89.7 Å². The van der Waals surface area contributed by atoms with Crippen molar-refractivity contribution in [3.8, 4) is 0 Å². The molecule has 0 unspecified atom stereocenters. The summed E-state index contributed by atoms with van der Waals surface area (Å²) in [6.07, 6.45) is 2.46. The van der Waals surface area contributed by atoms with Crippen molar-refractivity contribution in [2.75, 3.05) is 5.32 Å². The third-order valence-electron chi connectivity index (χ3n) is 4.48. The molecule has 1 aromatic heterocycles. The molecule has 2 N–H and O–H groups in total. The van der Waals surface area contributed by atoms with Crippen LogP contribution in [0.15, 0.2) is 78.0 Å². The molecule has 2 aromatic carbocycles. The van der Waals surface area contributed by atoms with Gasteiger partial charge in [-0.2, -0.15) is 0 Å². The predicted molar refractivity (Wildman–Crippen MR) is 105 cm³/mol. The van der Waals surface area contributed by atoms with Gasteiger partial charge in [-0.25, -0.2) is 13.4 Å². The van der Waals surface area contributed by atoms with E-state index in [0.29, 0.717) is 16.8 Å². The lowest BCUT2D eigenvalue weighted by molar-refractivity contribution is 0.0632. The van der Waals surface area contributed by atoms with E-state index in [4.69, 9.17) is 0 Å². The minimum absolute atomic E-state index is 0.0784. The summed E-state index contributed by atoms with van der Waals surface area (Å²) in [5.74, 6) is -0.445. The van der Waals surface area contributed by atoms with Crippen molar-refractivity contribution in [2.45, 2.75) is 18.0 Å². The van der Waals surface area contributed by atoms with E-state index in [1.165, 1.54) is 12.1 Å². The van der Waals surface area contributed by atoms with Gasteiger partial charge < -0.3 is 5.32 Å². The zero-order valence-corrected chi connectivity index (χ0v) is 15.8. The molecule has 4 rings (SSSR count). The summed E-state index contributed by atoms with van der Waals surface area (Å²) in [5.41, 5.74) is 2.61. The van der Waals surface area contributed by atoms with Crippen molar-refractivity contribution >= 4 is 21.6 Å². The Morgan fingerprint density at radius 3 is 2.50 bits per heavy atom. The van der Waals surface area contributed by atoms with Gasteiger partial charge in [-0.1, -0.05) is 35.9 Å². The minimum atomic E-state index is -3.96. The number of nitrogens with one attached hydrogen (secondary N) is 2. The fourth-order valence-electron chi connectivity index (χ4n) is 3.02. The van der Waals surface area contributed by atoms with Crippen LogP contribution in [0, 0.1) is 6.92 Å². The zero-order valence-electron chi connectivity index (χ0n) is 15.0. The molecule has 3 aromatic rings. The number of para-hydroxylation sites is 1. The van der Waals surface area contributed by atoms with E-state index in [2.05, 4.69) is 15.1 Å². The summed E-state index contributed by atoms with van der Waals surface area (Å²) in [7, 11) is -3.96. The molecule has 0 radical (unpaired) electrons. The number of sulfonamides is 1. The average molecular weight is 394 g/mol. The van der Waals surface area contributed by atoms with Crippen LogP contribution in [0.25, 0.3) is 0 Å². The molecule has 0 saturated heterocycles. The first-order chi connectivity index (χ1) is 13.5. The molecule has 0 bridgehead atoms. The Hall–Kier alpha value is -3.23. The molecule has 2 heterocycles. The number of anilines is 1. The third-order valence-corrected chi connectivity index (χ3v) is 5.81. The molecule has 7 nitrogen and oxygen atoms in total. The molecule has 1 aliphatic rings. The number of aryl methyl sites for hydroxylation is 1. The van der Waals surface area contributed by atoms with Gasteiger partial charge in [0.25, 0.3) is 15.9 Å². The van der Waals surface area contributed by atoms with E-state index in [0.717, 1.165) is 10.6 Å². The van der Waals surface area contributed by atoms with Gasteiger partial charge in [0, 0.05) is 23.6 Å². The first-order valence-electron chi connectivity index (χ1n) is 8.64. The second-order valence-corrected chi connectivity index (χ2v) is 8.12. The maximum Gasteiger partial charge on any atom is 0.273 e. The predicted octanol–water partition coefficient (Wildman–Crippen LogP) is 2.85. The number of nitrogens with zero attached hydrogens (tertiary/aromatic N) is 2. The largest absolute Gasteiger partial charge is 0.360 e. The Labute approximate surface area is 163 Å². The van der Waals surface area contributed by atoms with Crippen molar-refractivity contribution < 1.29 is 13.2 Å². The second kappa shape index (κ2) is 7.06. The lowest BCUT2D eigenvalue weighted by atomic mass is 10.1. The van der Waals surface area contributed by atoms with Crippen molar-refractivity contribution in [2.24, 2.45) is 0 Å². The number of hydrogen-bond acceptors (Lipinski definition) is 5. The smallest absolute Gasteiger partial charge is 0.273 e. The molecule has 0 aliphatic carbocycles. The van der Waals surface area contributed by atoms with Crippen LogP contribution in [0.5, 0.6) is 0 Å². The number of rotatable bonds is 4. The van der Waals surface area contributed by atoms with Crippen LogP contribution in [-0.2, 0) is 10.0 Å². The van der Waals surface area contributed by atoms with Crippen LogP contribution in [0.1, 0.15) is 27.7 Å². The van der Waals surface area contributed by atoms with Gasteiger partial charge in [0.05, 0.1) is 10.5 Å². The summed E-state index contributed by atoms with van der Waals surface area (Å²) < 4.78 is 25.8. The number of carbonyl (C=O) groups is 1. The van der Waals surface area contributed by atoms with Crippen molar-refractivity contribution in [1.29, 1.82) is 0 Å². The molecule has 0 spiro atoms. The Kier molecular flexibility index (Phi) is 4.58. The van der Waals surface area contributed by atoms with E-state index in [1.54, 1.807) is 54.9 Å². The molecule has 1 amide bonds. The van der Waals surface area contributed by atoms with Gasteiger partial charge in [0.15, 0.2) is 0 Å². The molecule has 1 aliphatic heterocycles. The minimum Gasteiger partial charge on any atom is -0.360 e. The monoisotopic (exact) mass is 394 g/mol. The number of hydrogen-bond donors (Lipinski definition) is 2. The van der Waals surface area contributed by atoms with Crippen LogP contribution < -0.4 is 10.1 Å². The van der Waals surface area contributed by atoms with Crippen LogP contribution in [0.3, 0.4) is 0 Å². The van der Waals surface area contributed by atoms with Crippen LogP contribution in [-0.4, -0.2) is 24.3 Å². The number of hydrazine groups is 1. The number of amides is 1. The summed E-state index contributed by atoms with van der Waals surface area (Å²) in [4.78, 5) is 19.7. The maximum atomic E-state index is 13.1. The maximum absolute atomic E-state index is 13.1. The van der Waals surface area contributed by atoms with Gasteiger partial charge in [-0.3, -0.25) is 9.78 Å². The molecule has 28 heavy (non-hydrogen) atoms. The highest BCUT2D eigenvalue weighted by molar-refractivity contribution is 7.89. The number of pyridine rings is 1. The van der Waals surface area contributed by atoms with Crippen molar-refractivity contribution in [1.82, 2.24) is 14.8 Å². The van der Waals surface area contributed by atoms with E-state index in [-0.39, 0.29) is 4.90 Å². The number of carbonyl (C=O) groups excluding carboxylic acids is 1. The van der Waals surface area contributed by atoms with Crippen LogP contribution in [0.2, 0.25) is 0 Å². The standard InChI is InChI=1S/C20H18N4O3S/c1-14-8-10-16(11-9-14)28(26,27)23-24-19(15-5-4-12-21-13-15)22-18-7-3-2-6-17(18)20(24)25/h2-13,19,22-23H,1H3/t19-/m1/s1. The second-order valence-electron chi connectivity index (χ2n) is 6.46. The SMILES string of the molecule is Cc1ccc(S(=O)(=O)NN2C(=O)c3ccccc3N[C@H]2c2cccnc2)cc1. The molecular weight excluding hydrogens is 376 g/mol. The fourth-order valence-corrected chi connectivity index (χ4v) is 4.07. The summed E-state index contributed by atoms with van der Waals surface area (Å²) in [6.45, 7) is 1.87. The highest BCUT2D eigenvalue weighted by Crippen LogP contribution is 2.32. The first-order valence-corrected chi connectivity index (χ1v) is 10.1. The number of aromatic nitrogens is 1. The molecule has 0 fully saturated rings. The van der Waals surface area contributed by atoms with Gasteiger partial charge in [-0.05, 0) is 37.3 Å². The lowest BCUT2D eigenvalue weighted by Gasteiger charge is -2.37. The van der Waals surface area contributed by atoms with E-state index < -0.39 is 22.1 Å². The average Bonchev–Trinajstić information content (AvgIpc) is 2.71. The summed E-state index contributed by atoms with van der Waals surface area (Å²) in [5, 5.41) is 4.31. The number of benzene rings is 2. The zero-order chi connectivity index (χ0) is 19.7. The van der Waals surface area contributed by atoms with Crippen molar-refractivity contribution in [3.63, 3.8) is 0 Å². The topological polar surface area (TPSA) is 91.4 Å². The van der Waals surface area contributed by atoms with Gasteiger partial charge in [0.2, 0.25) is 0 Å². The number of fused-ring (bicyclic) bond motifs is 1. The summed E-state index contributed by atoms with van der Waals surface area (Å²) in [6, 6.07) is 16.9. The third kappa shape index (κ3) is 3.35. The Morgan fingerprint density at radius 2 is 1.79 bits per heavy atom. The lowest BCUT2D eigenvalue weighted by Crippen LogP contribution is -2.52.